The summed E-state index contributed by atoms with van der Waals surface area (Å²) in [4.78, 5) is 4.30. The van der Waals surface area contributed by atoms with Crippen molar-refractivity contribution < 1.29 is 5.11 Å². The summed E-state index contributed by atoms with van der Waals surface area (Å²) in [7, 11) is 0. The van der Waals surface area contributed by atoms with Gasteiger partial charge in [-0.1, -0.05) is 19.1 Å². The average Bonchev–Trinajstić information content (AvgIpc) is 2.81. The first-order chi connectivity index (χ1) is 8.19. The number of nitrogens with one attached hydrogen (secondary N) is 1. The Balaban J connectivity index is 2.05. The van der Waals surface area contributed by atoms with Gasteiger partial charge in [0, 0.05) is 6.42 Å². The molecule has 4 N–H and O–H groups in total. The van der Waals surface area contributed by atoms with Crippen molar-refractivity contribution in [2.45, 2.75) is 25.8 Å². The Morgan fingerprint density at radius 1 is 1.35 bits per heavy atom. The Kier molecular flexibility index (Phi) is 3.39. The van der Waals surface area contributed by atoms with E-state index in [9.17, 15) is 5.11 Å². The lowest BCUT2D eigenvalue weighted by molar-refractivity contribution is 0.475. The molecule has 5 nitrogen and oxygen atoms in total. The van der Waals surface area contributed by atoms with E-state index in [4.69, 9.17) is 5.73 Å². The second kappa shape index (κ2) is 4.97. The number of aromatic hydroxyl groups is 1. The fourth-order valence-electron chi connectivity index (χ4n) is 1.61. The van der Waals surface area contributed by atoms with Crippen LogP contribution in [0, 0.1) is 0 Å². The van der Waals surface area contributed by atoms with Gasteiger partial charge < -0.3 is 10.8 Å². The van der Waals surface area contributed by atoms with Crippen LogP contribution in [0.5, 0.6) is 5.75 Å². The second-order valence-corrected chi connectivity index (χ2v) is 3.97. The van der Waals surface area contributed by atoms with Crippen molar-refractivity contribution in [1.29, 1.82) is 0 Å². The molecule has 17 heavy (non-hydrogen) atoms. The summed E-state index contributed by atoms with van der Waals surface area (Å²) >= 11 is 0. The molecule has 0 amide bonds. The normalized spacial score (nSPS) is 12.6. The Bertz CT molecular complexity index is 478. The molecule has 0 fully saturated rings. The van der Waals surface area contributed by atoms with Crippen LogP contribution in [0.15, 0.2) is 24.3 Å². The molecule has 0 unspecified atom stereocenters. The van der Waals surface area contributed by atoms with Gasteiger partial charge in [0.05, 0.1) is 6.04 Å². The Labute approximate surface area is 99.7 Å². The summed E-state index contributed by atoms with van der Waals surface area (Å²) < 4.78 is 0. The maximum absolute atomic E-state index is 9.18. The van der Waals surface area contributed by atoms with Crippen LogP contribution in [0.25, 0.3) is 0 Å². The van der Waals surface area contributed by atoms with E-state index in [1.165, 1.54) is 0 Å². The number of benzene rings is 1. The molecule has 0 aliphatic carbocycles. The SMILES string of the molecule is CCc1nc([C@@H](N)Cc2ccc(O)cc2)n[nH]1. The van der Waals surface area contributed by atoms with Crippen LogP contribution < -0.4 is 5.73 Å². The van der Waals surface area contributed by atoms with Crippen LogP contribution in [0.4, 0.5) is 0 Å². The second-order valence-electron chi connectivity index (χ2n) is 3.97. The number of hydrogen-bond donors (Lipinski definition) is 3. The molecule has 1 heterocycles. The highest BCUT2D eigenvalue weighted by Gasteiger charge is 2.12. The van der Waals surface area contributed by atoms with Crippen LogP contribution >= 0.6 is 0 Å². The van der Waals surface area contributed by atoms with Crippen molar-refractivity contribution in [1.82, 2.24) is 15.2 Å². The standard InChI is InChI=1S/C12H16N4O/c1-2-11-14-12(16-15-11)10(13)7-8-3-5-9(17)6-4-8/h3-6,10,17H,2,7,13H2,1H3,(H,14,15,16)/t10-/m0/s1. The minimum Gasteiger partial charge on any atom is -0.508 e. The van der Waals surface area contributed by atoms with Gasteiger partial charge in [-0.3, -0.25) is 5.10 Å². The summed E-state index contributed by atoms with van der Waals surface area (Å²) in [6.07, 6.45) is 1.47. The molecule has 5 heteroatoms. The van der Waals surface area contributed by atoms with E-state index in [1.54, 1.807) is 12.1 Å². The number of nitrogens with zero attached hydrogens (tertiary/aromatic N) is 2. The molecule has 2 aromatic rings. The summed E-state index contributed by atoms with van der Waals surface area (Å²) in [6.45, 7) is 2.01. The van der Waals surface area contributed by atoms with Gasteiger partial charge in [0.15, 0.2) is 5.82 Å². The maximum Gasteiger partial charge on any atom is 0.167 e. The summed E-state index contributed by atoms with van der Waals surface area (Å²) in [5.41, 5.74) is 7.08. The molecule has 1 aromatic carbocycles. The van der Waals surface area contributed by atoms with Gasteiger partial charge in [0.2, 0.25) is 0 Å². The molecular formula is C12H16N4O. The summed E-state index contributed by atoms with van der Waals surface area (Å²) in [6, 6.07) is 6.77. The number of phenols is 1. The van der Waals surface area contributed by atoms with Crippen molar-refractivity contribution in [2.24, 2.45) is 5.73 Å². The Morgan fingerprint density at radius 3 is 2.65 bits per heavy atom. The molecule has 0 bridgehead atoms. The van der Waals surface area contributed by atoms with Gasteiger partial charge in [0.25, 0.3) is 0 Å². The predicted molar refractivity (Wildman–Crippen MR) is 64.5 cm³/mol. The zero-order valence-corrected chi connectivity index (χ0v) is 9.72. The molecule has 90 valence electrons. The summed E-state index contributed by atoms with van der Waals surface area (Å²) in [5, 5.41) is 16.1. The number of aromatic nitrogens is 3. The van der Waals surface area contributed by atoms with Gasteiger partial charge in [-0.25, -0.2) is 4.98 Å². The van der Waals surface area contributed by atoms with Gasteiger partial charge in [-0.05, 0) is 24.1 Å². The quantitative estimate of drug-likeness (QED) is 0.741. The molecule has 0 aliphatic heterocycles. The Hall–Kier alpha value is -1.88. The maximum atomic E-state index is 9.18. The largest absolute Gasteiger partial charge is 0.508 e. The molecule has 0 spiro atoms. The fraction of sp³-hybridized carbons (Fsp3) is 0.333. The number of H-pyrrole nitrogens is 1. The average molecular weight is 232 g/mol. The fourth-order valence-corrected chi connectivity index (χ4v) is 1.61. The van der Waals surface area contributed by atoms with Crippen molar-refractivity contribution in [2.75, 3.05) is 0 Å². The van der Waals surface area contributed by atoms with E-state index < -0.39 is 0 Å². The number of rotatable bonds is 4. The summed E-state index contributed by atoms with van der Waals surface area (Å²) in [5.74, 6) is 1.74. The lowest BCUT2D eigenvalue weighted by Crippen LogP contribution is -2.15. The predicted octanol–water partition coefficient (Wildman–Crippen LogP) is 1.32. The molecule has 0 saturated carbocycles. The number of phenolic OH excluding ortho intramolecular Hbond substituents is 1. The molecular weight excluding hydrogens is 216 g/mol. The van der Waals surface area contributed by atoms with E-state index in [0.29, 0.717) is 12.2 Å². The highest BCUT2D eigenvalue weighted by molar-refractivity contribution is 5.26. The number of hydrogen-bond acceptors (Lipinski definition) is 4. The third-order valence-electron chi connectivity index (χ3n) is 2.61. The van der Waals surface area contributed by atoms with Gasteiger partial charge >= 0.3 is 0 Å². The van der Waals surface area contributed by atoms with Gasteiger partial charge in [-0.15, -0.1) is 0 Å². The third kappa shape index (κ3) is 2.82. The van der Waals surface area contributed by atoms with Crippen LogP contribution in [-0.4, -0.2) is 20.3 Å². The van der Waals surface area contributed by atoms with Crippen molar-refractivity contribution in [3.8, 4) is 5.75 Å². The third-order valence-corrected chi connectivity index (χ3v) is 2.61. The van der Waals surface area contributed by atoms with Gasteiger partial charge in [-0.2, -0.15) is 5.10 Å². The zero-order chi connectivity index (χ0) is 12.3. The first-order valence-electron chi connectivity index (χ1n) is 5.63. The van der Waals surface area contributed by atoms with Crippen molar-refractivity contribution in [3.63, 3.8) is 0 Å². The van der Waals surface area contributed by atoms with Crippen molar-refractivity contribution >= 4 is 0 Å². The lowest BCUT2D eigenvalue weighted by atomic mass is 10.1. The van der Waals surface area contributed by atoms with Gasteiger partial charge in [0.1, 0.15) is 11.6 Å². The molecule has 1 atom stereocenters. The van der Waals surface area contributed by atoms with Crippen molar-refractivity contribution in [3.05, 3.63) is 41.5 Å². The topological polar surface area (TPSA) is 87.8 Å². The van der Waals surface area contributed by atoms with E-state index in [1.807, 2.05) is 19.1 Å². The first kappa shape index (κ1) is 11.6. The minimum atomic E-state index is -0.226. The number of aromatic amines is 1. The Morgan fingerprint density at radius 2 is 2.06 bits per heavy atom. The molecule has 0 saturated heterocycles. The highest BCUT2D eigenvalue weighted by Crippen LogP contribution is 2.15. The van der Waals surface area contributed by atoms with E-state index in [2.05, 4.69) is 15.2 Å². The molecule has 1 aromatic heterocycles. The van der Waals surface area contributed by atoms with E-state index in [-0.39, 0.29) is 11.8 Å². The van der Waals surface area contributed by atoms with Crippen LogP contribution in [0.2, 0.25) is 0 Å². The number of nitrogens with two attached hydrogens (primary N) is 1. The monoisotopic (exact) mass is 232 g/mol. The molecule has 0 aliphatic rings. The molecule has 2 rings (SSSR count). The van der Waals surface area contributed by atoms with E-state index >= 15 is 0 Å². The van der Waals surface area contributed by atoms with E-state index in [0.717, 1.165) is 17.8 Å². The van der Waals surface area contributed by atoms with Crippen LogP contribution in [0.1, 0.15) is 30.2 Å². The smallest absolute Gasteiger partial charge is 0.167 e. The number of aryl methyl sites for hydroxylation is 1. The minimum absolute atomic E-state index is 0.226. The molecule has 0 radical (unpaired) electrons. The highest BCUT2D eigenvalue weighted by atomic mass is 16.3. The lowest BCUT2D eigenvalue weighted by Gasteiger charge is -2.07. The first-order valence-corrected chi connectivity index (χ1v) is 5.63. The van der Waals surface area contributed by atoms with Crippen LogP contribution in [-0.2, 0) is 12.8 Å². The van der Waals surface area contributed by atoms with Crippen LogP contribution in [0.3, 0.4) is 0 Å². The zero-order valence-electron chi connectivity index (χ0n) is 9.72.